The van der Waals surface area contributed by atoms with Gasteiger partial charge in [-0.2, -0.15) is 8.42 Å². The molecule has 0 amide bonds. The Labute approximate surface area is 80.8 Å². The molecule has 0 saturated heterocycles. The SMILES string of the molecule is CC1(S(=O)(=O)O)C=CC=CC1[N+](=O)[O-]. The molecule has 1 rings (SSSR count). The lowest BCUT2D eigenvalue weighted by Gasteiger charge is -2.25. The zero-order valence-electron chi connectivity index (χ0n) is 7.32. The van der Waals surface area contributed by atoms with Gasteiger partial charge in [0.25, 0.3) is 16.2 Å². The molecule has 1 N–H and O–H groups in total. The topological polar surface area (TPSA) is 97.5 Å². The van der Waals surface area contributed by atoms with E-state index in [1.807, 2.05) is 0 Å². The Hall–Kier alpha value is -1.21. The minimum absolute atomic E-state index is 0.742. The van der Waals surface area contributed by atoms with Gasteiger partial charge >= 0.3 is 0 Å². The molecule has 2 unspecified atom stereocenters. The van der Waals surface area contributed by atoms with Crippen molar-refractivity contribution in [2.24, 2.45) is 0 Å². The van der Waals surface area contributed by atoms with Crippen molar-refractivity contribution in [2.75, 3.05) is 0 Å². The third-order valence-electron chi connectivity index (χ3n) is 2.20. The van der Waals surface area contributed by atoms with Crippen LogP contribution in [0.3, 0.4) is 0 Å². The van der Waals surface area contributed by atoms with Gasteiger partial charge in [0.1, 0.15) is 0 Å². The van der Waals surface area contributed by atoms with Crippen LogP contribution in [0.15, 0.2) is 24.3 Å². The van der Waals surface area contributed by atoms with Gasteiger partial charge in [-0.1, -0.05) is 18.2 Å². The first kappa shape index (κ1) is 10.9. The normalized spacial score (nSPS) is 31.7. The van der Waals surface area contributed by atoms with E-state index in [9.17, 15) is 18.5 Å². The number of hydrogen-bond acceptors (Lipinski definition) is 4. The van der Waals surface area contributed by atoms with Gasteiger partial charge in [0, 0.05) is 4.92 Å². The van der Waals surface area contributed by atoms with Crippen molar-refractivity contribution in [3.63, 3.8) is 0 Å². The molecule has 2 atom stereocenters. The van der Waals surface area contributed by atoms with Crippen molar-refractivity contribution in [1.29, 1.82) is 0 Å². The van der Waals surface area contributed by atoms with Gasteiger partial charge in [-0.05, 0) is 13.0 Å². The van der Waals surface area contributed by atoms with Crippen LogP contribution >= 0.6 is 0 Å². The van der Waals surface area contributed by atoms with Crippen molar-refractivity contribution in [2.45, 2.75) is 17.7 Å². The largest absolute Gasteiger partial charge is 0.285 e. The zero-order valence-corrected chi connectivity index (χ0v) is 8.14. The lowest BCUT2D eigenvalue weighted by molar-refractivity contribution is -0.512. The van der Waals surface area contributed by atoms with Crippen LogP contribution in [0.2, 0.25) is 0 Å². The van der Waals surface area contributed by atoms with Gasteiger partial charge in [0.2, 0.25) is 0 Å². The second-order valence-electron chi connectivity index (χ2n) is 3.13. The lowest BCUT2D eigenvalue weighted by atomic mass is 9.97. The van der Waals surface area contributed by atoms with E-state index in [1.54, 1.807) is 0 Å². The summed E-state index contributed by atoms with van der Waals surface area (Å²) in [5.41, 5.74) is 0. The van der Waals surface area contributed by atoms with Gasteiger partial charge in [0.05, 0.1) is 0 Å². The molecule has 1 aliphatic carbocycles. The molecule has 0 saturated carbocycles. The molecule has 0 bridgehead atoms. The molecular formula is C7H9NO5S. The summed E-state index contributed by atoms with van der Waals surface area (Å²) in [5.74, 6) is 0. The summed E-state index contributed by atoms with van der Waals surface area (Å²) in [4.78, 5) is 9.82. The van der Waals surface area contributed by atoms with Crippen LogP contribution in [-0.4, -0.2) is 28.7 Å². The van der Waals surface area contributed by atoms with Crippen LogP contribution in [0.5, 0.6) is 0 Å². The fraction of sp³-hybridized carbons (Fsp3) is 0.429. The first-order chi connectivity index (χ1) is 6.29. The van der Waals surface area contributed by atoms with Crippen LogP contribution in [-0.2, 0) is 10.1 Å². The van der Waals surface area contributed by atoms with Gasteiger partial charge in [-0.25, -0.2) is 0 Å². The van der Waals surface area contributed by atoms with E-state index in [4.69, 9.17) is 4.55 Å². The van der Waals surface area contributed by atoms with Crippen molar-refractivity contribution >= 4 is 10.1 Å². The van der Waals surface area contributed by atoms with Crippen molar-refractivity contribution in [1.82, 2.24) is 0 Å². The highest BCUT2D eigenvalue weighted by atomic mass is 32.2. The zero-order chi connectivity index (χ0) is 11.0. The van der Waals surface area contributed by atoms with Crippen molar-refractivity contribution < 1.29 is 17.9 Å². The van der Waals surface area contributed by atoms with Gasteiger partial charge < -0.3 is 0 Å². The molecule has 0 aromatic heterocycles. The summed E-state index contributed by atoms with van der Waals surface area (Å²) in [7, 11) is -4.50. The number of nitro groups is 1. The first-order valence-corrected chi connectivity index (χ1v) is 5.19. The summed E-state index contributed by atoms with van der Waals surface area (Å²) in [6.45, 7) is 1.11. The molecule has 0 spiro atoms. The monoisotopic (exact) mass is 219 g/mol. The summed E-state index contributed by atoms with van der Waals surface area (Å²) in [6.07, 6.45) is 4.97. The van der Waals surface area contributed by atoms with Crippen molar-refractivity contribution in [3.05, 3.63) is 34.4 Å². The van der Waals surface area contributed by atoms with E-state index < -0.39 is 25.8 Å². The summed E-state index contributed by atoms with van der Waals surface area (Å²) in [5, 5.41) is 10.6. The third-order valence-corrected chi connectivity index (χ3v) is 3.69. The predicted molar refractivity (Wildman–Crippen MR) is 49.0 cm³/mol. The highest BCUT2D eigenvalue weighted by Gasteiger charge is 2.50. The van der Waals surface area contributed by atoms with Crippen LogP contribution < -0.4 is 0 Å². The minimum atomic E-state index is -4.50. The summed E-state index contributed by atoms with van der Waals surface area (Å²) in [6, 6.07) is -1.46. The maximum atomic E-state index is 11.0. The molecule has 0 aromatic rings. The molecule has 0 radical (unpaired) electrons. The Balaban J connectivity index is 3.27. The second-order valence-corrected chi connectivity index (χ2v) is 4.96. The predicted octanol–water partition coefficient (Wildman–Crippen LogP) is 0.404. The maximum Gasteiger partial charge on any atom is 0.281 e. The molecule has 0 aliphatic heterocycles. The quantitative estimate of drug-likeness (QED) is 0.412. The average molecular weight is 219 g/mol. The Morgan fingerprint density at radius 3 is 2.43 bits per heavy atom. The summed E-state index contributed by atoms with van der Waals surface area (Å²) >= 11 is 0. The molecule has 0 heterocycles. The van der Waals surface area contributed by atoms with Crippen LogP contribution in [0.4, 0.5) is 0 Å². The third kappa shape index (κ3) is 1.55. The number of hydrogen-bond donors (Lipinski definition) is 1. The first-order valence-electron chi connectivity index (χ1n) is 3.75. The second kappa shape index (κ2) is 3.18. The standard InChI is InChI=1S/C7H9NO5S/c1-7(14(11,12)13)5-3-2-4-6(7)8(9)10/h2-6H,1H3,(H,11,12,13). The Morgan fingerprint density at radius 2 is 2.07 bits per heavy atom. The smallest absolute Gasteiger partial charge is 0.281 e. The fourth-order valence-corrected chi connectivity index (χ4v) is 1.94. The molecule has 0 fully saturated rings. The van der Waals surface area contributed by atoms with E-state index in [1.165, 1.54) is 12.2 Å². The average Bonchev–Trinajstić information content (AvgIpc) is 2.02. The van der Waals surface area contributed by atoms with E-state index in [-0.39, 0.29) is 0 Å². The van der Waals surface area contributed by atoms with E-state index >= 15 is 0 Å². The highest BCUT2D eigenvalue weighted by Crippen LogP contribution is 2.28. The lowest BCUT2D eigenvalue weighted by Crippen LogP contribution is -2.48. The van der Waals surface area contributed by atoms with Gasteiger partial charge in [-0.3, -0.25) is 14.7 Å². The van der Waals surface area contributed by atoms with Crippen LogP contribution in [0.25, 0.3) is 0 Å². The Bertz CT molecular complexity index is 410. The van der Waals surface area contributed by atoms with E-state index in [0.717, 1.165) is 19.1 Å². The Kier molecular flexibility index (Phi) is 2.47. The number of nitrogens with zero attached hydrogens (tertiary/aromatic N) is 1. The molecule has 14 heavy (non-hydrogen) atoms. The molecule has 6 nitrogen and oxygen atoms in total. The molecule has 1 aliphatic rings. The number of allylic oxidation sites excluding steroid dienone is 2. The molecule has 0 aromatic carbocycles. The number of rotatable bonds is 2. The van der Waals surface area contributed by atoms with Crippen molar-refractivity contribution in [3.8, 4) is 0 Å². The van der Waals surface area contributed by atoms with Crippen LogP contribution in [0.1, 0.15) is 6.92 Å². The molecule has 78 valence electrons. The maximum absolute atomic E-state index is 11.0. The minimum Gasteiger partial charge on any atom is -0.285 e. The van der Waals surface area contributed by atoms with Crippen LogP contribution in [0, 0.1) is 10.1 Å². The Morgan fingerprint density at radius 1 is 1.50 bits per heavy atom. The molecule has 7 heteroatoms. The summed E-state index contributed by atoms with van der Waals surface area (Å²) < 4.78 is 29.0. The highest BCUT2D eigenvalue weighted by molar-refractivity contribution is 7.87. The fourth-order valence-electron chi connectivity index (χ4n) is 1.22. The van der Waals surface area contributed by atoms with Gasteiger partial charge in [0.15, 0.2) is 4.75 Å². The van der Waals surface area contributed by atoms with Gasteiger partial charge in [-0.15, -0.1) is 0 Å². The molecular weight excluding hydrogens is 210 g/mol. The van der Waals surface area contributed by atoms with E-state index in [0.29, 0.717) is 0 Å². The van der Waals surface area contributed by atoms with E-state index in [2.05, 4.69) is 0 Å².